The quantitative estimate of drug-likeness (QED) is 0.458. The summed E-state index contributed by atoms with van der Waals surface area (Å²) in [5.74, 6) is -0.772. The summed E-state index contributed by atoms with van der Waals surface area (Å²) in [7, 11) is 0. The molecular weight excluding hydrogens is 360 g/mol. The minimum atomic E-state index is -0.544. The van der Waals surface area contributed by atoms with Crippen molar-refractivity contribution < 1.29 is 19.1 Å². The molecule has 0 saturated heterocycles. The van der Waals surface area contributed by atoms with Gasteiger partial charge in [-0.2, -0.15) is 0 Å². The predicted octanol–water partition coefficient (Wildman–Crippen LogP) is 3.34. The molecule has 1 atom stereocenters. The van der Waals surface area contributed by atoms with Crippen LogP contribution in [0.2, 0.25) is 0 Å². The second-order valence-corrected chi connectivity index (χ2v) is 7.01. The van der Waals surface area contributed by atoms with Crippen molar-refractivity contribution in [2.45, 2.75) is 26.9 Å². The van der Waals surface area contributed by atoms with Crippen molar-refractivity contribution in [1.29, 1.82) is 0 Å². The van der Waals surface area contributed by atoms with Gasteiger partial charge in [-0.1, -0.05) is 0 Å². The molecule has 2 aromatic rings. The summed E-state index contributed by atoms with van der Waals surface area (Å²) in [5, 5.41) is 13.6. The molecule has 1 unspecified atom stereocenters. The molecule has 0 spiro atoms. The SMILES string of the molecule is CCOC(=O)c1ccc2c(c1)C[N+]1([O-])CN2Cc2cc(C(=O)OCC)ccc21. The van der Waals surface area contributed by atoms with Gasteiger partial charge in [0, 0.05) is 17.2 Å². The zero-order valence-corrected chi connectivity index (χ0v) is 15.9. The van der Waals surface area contributed by atoms with E-state index in [0.717, 1.165) is 16.8 Å². The van der Waals surface area contributed by atoms with Gasteiger partial charge in [0.1, 0.15) is 12.2 Å². The number of rotatable bonds is 4. The van der Waals surface area contributed by atoms with Crippen molar-refractivity contribution >= 4 is 23.3 Å². The number of esters is 2. The first-order valence-electron chi connectivity index (χ1n) is 9.39. The standard InChI is InChI=1S/C21H22N2O5/c1-3-27-20(24)14-5-7-18-17(10-14)12-23(26)13-22(18)11-16-9-15(6-8-19(16)23)21(25)28-4-2/h5-10H,3-4,11-13H2,1-2H3. The van der Waals surface area contributed by atoms with Crippen molar-refractivity contribution in [1.82, 2.24) is 4.65 Å². The zero-order valence-electron chi connectivity index (χ0n) is 15.9. The number of quaternary nitrogens is 1. The van der Waals surface area contributed by atoms with Crippen LogP contribution in [-0.4, -0.2) is 31.8 Å². The van der Waals surface area contributed by atoms with Crippen LogP contribution in [0.3, 0.4) is 0 Å². The van der Waals surface area contributed by atoms with E-state index in [1.54, 1.807) is 44.2 Å². The summed E-state index contributed by atoms with van der Waals surface area (Å²) in [4.78, 5) is 26.1. The second kappa shape index (κ2) is 6.92. The Kier molecular flexibility index (Phi) is 4.56. The number of anilines is 1. The van der Waals surface area contributed by atoms with Gasteiger partial charge in [-0.25, -0.2) is 9.59 Å². The molecule has 7 nitrogen and oxygen atoms in total. The molecule has 0 saturated carbocycles. The van der Waals surface area contributed by atoms with E-state index in [4.69, 9.17) is 9.47 Å². The molecule has 2 aromatic carbocycles. The van der Waals surface area contributed by atoms with Crippen LogP contribution in [0.5, 0.6) is 0 Å². The Bertz CT molecular complexity index is 958. The number of hydroxylamine groups is 2. The van der Waals surface area contributed by atoms with Crippen molar-refractivity contribution in [3.63, 3.8) is 0 Å². The van der Waals surface area contributed by atoms with Gasteiger partial charge in [-0.3, -0.25) is 0 Å². The van der Waals surface area contributed by atoms with Gasteiger partial charge in [0.25, 0.3) is 0 Å². The molecule has 0 fully saturated rings. The third-order valence-corrected chi connectivity index (χ3v) is 5.15. The highest BCUT2D eigenvalue weighted by molar-refractivity contribution is 5.91. The van der Waals surface area contributed by atoms with Crippen LogP contribution < -0.4 is 9.55 Å². The van der Waals surface area contributed by atoms with Gasteiger partial charge >= 0.3 is 11.9 Å². The lowest BCUT2D eigenvalue weighted by Crippen LogP contribution is -2.57. The molecule has 28 heavy (non-hydrogen) atoms. The summed E-state index contributed by atoms with van der Waals surface area (Å²) >= 11 is 0. The molecule has 0 radical (unpaired) electrons. The van der Waals surface area contributed by atoms with E-state index < -0.39 is 4.65 Å². The van der Waals surface area contributed by atoms with Gasteiger partial charge in [-0.05, 0) is 44.2 Å². The highest BCUT2D eigenvalue weighted by Gasteiger charge is 2.39. The van der Waals surface area contributed by atoms with E-state index in [2.05, 4.69) is 0 Å². The lowest BCUT2D eigenvalue weighted by Gasteiger charge is -2.53. The van der Waals surface area contributed by atoms with Crippen LogP contribution in [0.1, 0.15) is 45.7 Å². The third-order valence-electron chi connectivity index (χ3n) is 5.15. The van der Waals surface area contributed by atoms with Gasteiger partial charge in [-0.15, -0.1) is 0 Å². The molecule has 2 heterocycles. The van der Waals surface area contributed by atoms with E-state index in [1.807, 2.05) is 11.0 Å². The Hall–Kier alpha value is -2.90. The molecule has 4 rings (SSSR count). The minimum Gasteiger partial charge on any atom is -0.626 e. The van der Waals surface area contributed by atoms with Crippen LogP contribution in [0, 0.1) is 5.21 Å². The van der Waals surface area contributed by atoms with E-state index in [1.165, 1.54) is 0 Å². The summed E-state index contributed by atoms with van der Waals surface area (Å²) in [5.41, 5.74) is 4.14. The fraction of sp³-hybridized carbons (Fsp3) is 0.333. The van der Waals surface area contributed by atoms with E-state index >= 15 is 0 Å². The fourth-order valence-electron chi connectivity index (χ4n) is 3.99. The van der Waals surface area contributed by atoms with Gasteiger partial charge in [0.05, 0.1) is 36.6 Å². The maximum atomic E-state index is 13.6. The van der Waals surface area contributed by atoms with Crippen LogP contribution in [0.15, 0.2) is 36.4 Å². The molecule has 2 aliphatic heterocycles. The molecule has 7 heteroatoms. The maximum absolute atomic E-state index is 13.6. The summed E-state index contributed by atoms with van der Waals surface area (Å²) in [6.07, 6.45) is 0. The largest absolute Gasteiger partial charge is 0.626 e. The molecule has 0 aromatic heterocycles. The predicted molar refractivity (Wildman–Crippen MR) is 105 cm³/mol. The number of hydrogen-bond acceptors (Lipinski definition) is 6. The van der Waals surface area contributed by atoms with Crippen molar-refractivity contribution in [3.8, 4) is 0 Å². The Morgan fingerprint density at radius 3 is 2.25 bits per heavy atom. The van der Waals surface area contributed by atoms with Crippen molar-refractivity contribution in [3.05, 3.63) is 63.9 Å². The van der Waals surface area contributed by atoms with Crippen LogP contribution in [0.25, 0.3) is 0 Å². The highest BCUT2D eigenvalue weighted by atomic mass is 16.6. The number of fused-ring (bicyclic) bond motifs is 6. The zero-order chi connectivity index (χ0) is 19.9. The second-order valence-electron chi connectivity index (χ2n) is 7.01. The number of hydrogen-bond donors (Lipinski definition) is 0. The van der Waals surface area contributed by atoms with Crippen LogP contribution in [-0.2, 0) is 22.6 Å². The highest BCUT2D eigenvalue weighted by Crippen LogP contribution is 2.42. The van der Waals surface area contributed by atoms with Crippen LogP contribution in [0.4, 0.5) is 11.4 Å². The first-order chi connectivity index (χ1) is 13.4. The smallest absolute Gasteiger partial charge is 0.338 e. The van der Waals surface area contributed by atoms with Gasteiger partial charge < -0.3 is 24.2 Å². The molecule has 0 amide bonds. The molecule has 2 bridgehead atoms. The number of nitrogens with zero attached hydrogens (tertiary/aromatic N) is 2. The molecule has 2 aliphatic rings. The average Bonchev–Trinajstić information content (AvgIpc) is 2.67. The summed E-state index contributed by atoms with van der Waals surface area (Å²) in [6.45, 7) is 5.19. The Morgan fingerprint density at radius 2 is 1.61 bits per heavy atom. The number of ether oxygens (including phenoxy) is 2. The van der Waals surface area contributed by atoms with E-state index in [0.29, 0.717) is 43.2 Å². The lowest BCUT2D eigenvalue weighted by atomic mass is 9.98. The molecule has 0 N–H and O–H groups in total. The molecule has 0 aliphatic carbocycles. The van der Waals surface area contributed by atoms with E-state index in [9.17, 15) is 14.8 Å². The van der Waals surface area contributed by atoms with Crippen molar-refractivity contribution in [2.24, 2.45) is 0 Å². The first-order valence-corrected chi connectivity index (χ1v) is 9.39. The van der Waals surface area contributed by atoms with Crippen molar-refractivity contribution in [2.75, 3.05) is 24.8 Å². The monoisotopic (exact) mass is 382 g/mol. The summed E-state index contributed by atoms with van der Waals surface area (Å²) < 4.78 is 9.60. The minimum absolute atomic E-state index is 0.227. The number of carbonyl (C=O) groups excluding carboxylic acids is 2. The molecule has 146 valence electrons. The van der Waals surface area contributed by atoms with E-state index in [-0.39, 0.29) is 18.5 Å². The van der Waals surface area contributed by atoms with Crippen LogP contribution >= 0.6 is 0 Å². The number of carbonyl (C=O) groups is 2. The van der Waals surface area contributed by atoms with Gasteiger partial charge in [0.15, 0.2) is 6.67 Å². The molecular formula is C21H22N2O5. The Labute approximate surface area is 163 Å². The topological polar surface area (TPSA) is 78.9 Å². The normalized spacial score (nSPS) is 19.5. The number of benzene rings is 2. The Balaban J connectivity index is 1.70. The Morgan fingerprint density at radius 1 is 1.00 bits per heavy atom. The summed E-state index contributed by atoms with van der Waals surface area (Å²) in [6, 6.07) is 10.5. The maximum Gasteiger partial charge on any atom is 0.338 e. The lowest BCUT2D eigenvalue weighted by molar-refractivity contribution is 0.0516. The fourth-order valence-corrected chi connectivity index (χ4v) is 3.99. The third kappa shape index (κ3) is 3.02. The van der Waals surface area contributed by atoms with Gasteiger partial charge in [0.2, 0.25) is 0 Å². The first kappa shape index (κ1) is 18.5. The average molecular weight is 382 g/mol.